The SMILES string of the molecule is CCC(C)Nc1ccccc1-n1ccnn1. The van der Waals surface area contributed by atoms with Crippen molar-refractivity contribution >= 4 is 5.69 Å². The van der Waals surface area contributed by atoms with Crippen LogP contribution in [0.2, 0.25) is 0 Å². The molecule has 0 spiro atoms. The summed E-state index contributed by atoms with van der Waals surface area (Å²) in [5.74, 6) is 0. The van der Waals surface area contributed by atoms with Crippen LogP contribution in [0.1, 0.15) is 20.3 Å². The Morgan fingerprint density at radius 2 is 2.19 bits per heavy atom. The van der Waals surface area contributed by atoms with Crippen molar-refractivity contribution in [2.45, 2.75) is 26.3 Å². The number of hydrogen-bond acceptors (Lipinski definition) is 3. The lowest BCUT2D eigenvalue weighted by Gasteiger charge is -2.16. The second kappa shape index (κ2) is 4.79. The van der Waals surface area contributed by atoms with E-state index in [9.17, 15) is 0 Å². The Morgan fingerprint density at radius 1 is 1.38 bits per heavy atom. The zero-order valence-electron chi connectivity index (χ0n) is 9.59. The topological polar surface area (TPSA) is 42.7 Å². The van der Waals surface area contributed by atoms with Gasteiger partial charge in [-0.1, -0.05) is 24.3 Å². The van der Waals surface area contributed by atoms with Crippen LogP contribution in [0.5, 0.6) is 0 Å². The van der Waals surface area contributed by atoms with E-state index in [2.05, 4.69) is 35.5 Å². The molecular formula is C12H16N4. The smallest absolute Gasteiger partial charge is 0.0894 e. The largest absolute Gasteiger partial charge is 0.381 e. The Kier molecular flexibility index (Phi) is 3.19. The summed E-state index contributed by atoms with van der Waals surface area (Å²) in [7, 11) is 0. The highest BCUT2D eigenvalue weighted by Crippen LogP contribution is 2.19. The lowest BCUT2D eigenvalue weighted by molar-refractivity contribution is 0.755. The molecule has 0 radical (unpaired) electrons. The fourth-order valence-corrected chi connectivity index (χ4v) is 1.50. The molecule has 2 rings (SSSR count). The molecule has 0 saturated heterocycles. The molecule has 0 amide bonds. The fraction of sp³-hybridized carbons (Fsp3) is 0.333. The highest BCUT2D eigenvalue weighted by molar-refractivity contribution is 5.60. The van der Waals surface area contributed by atoms with Crippen LogP contribution in [0.3, 0.4) is 0 Å². The van der Waals surface area contributed by atoms with Gasteiger partial charge in [0.25, 0.3) is 0 Å². The maximum atomic E-state index is 4.01. The van der Waals surface area contributed by atoms with Crippen molar-refractivity contribution in [2.75, 3.05) is 5.32 Å². The monoisotopic (exact) mass is 216 g/mol. The molecule has 0 aliphatic rings. The third-order valence-electron chi connectivity index (χ3n) is 2.59. The highest BCUT2D eigenvalue weighted by Gasteiger charge is 2.06. The van der Waals surface area contributed by atoms with Crippen LogP contribution >= 0.6 is 0 Å². The molecule has 1 atom stereocenters. The molecule has 4 heteroatoms. The van der Waals surface area contributed by atoms with Crippen molar-refractivity contribution in [3.8, 4) is 5.69 Å². The molecule has 0 aliphatic heterocycles. The number of rotatable bonds is 4. The Hall–Kier alpha value is -1.84. The van der Waals surface area contributed by atoms with E-state index in [-0.39, 0.29) is 0 Å². The zero-order chi connectivity index (χ0) is 11.4. The van der Waals surface area contributed by atoms with Crippen LogP contribution in [-0.2, 0) is 0 Å². The summed E-state index contributed by atoms with van der Waals surface area (Å²) >= 11 is 0. The number of nitrogens with zero attached hydrogens (tertiary/aromatic N) is 3. The van der Waals surface area contributed by atoms with E-state index in [1.807, 2.05) is 24.4 Å². The first kappa shape index (κ1) is 10.7. The van der Waals surface area contributed by atoms with Gasteiger partial charge in [-0.2, -0.15) is 0 Å². The predicted octanol–water partition coefficient (Wildman–Crippen LogP) is 2.48. The maximum absolute atomic E-state index is 4.01. The van der Waals surface area contributed by atoms with Crippen molar-refractivity contribution in [1.29, 1.82) is 0 Å². The summed E-state index contributed by atoms with van der Waals surface area (Å²) in [6.07, 6.45) is 4.61. The summed E-state index contributed by atoms with van der Waals surface area (Å²) in [4.78, 5) is 0. The van der Waals surface area contributed by atoms with Crippen molar-refractivity contribution < 1.29 is 0 Å². The minimum atomic E-state index is 0.449. The Bertz CT molecular complexity index is 436. The minimum Gasteiger partial charge on any atom is -0.381 e. The summed E-state index contributed by atoms with van der Waals surface area (Å²) < 4.78 is 1.77. The molecule has 0 fully saturated rings. The predicted molar refractivity (Wildman–Crippen MR) is 64.7 cm³/mol. The molecule has 1 aromatic carbocycles. The van der Waals surface area contributed by atoms with Gasteiger partial charge in [-0.15, -0.1) is 5.10 Å². The number of nitrogens with one attached hydrogen (secondary N) is 1. The molecule has 84 valence electrons. The summed E-state index contributed by atoms with van der Waals surface area (Å²) in [5, 5.41) is 11.3. The van der Waals surface area contributed by atoms with Crippen molar-refractivity contribution in [2.24, 2.45) is 0 Å². The third kappa shape index (κ3) is 2.21. The maximum Gasteiger partial charge on any atom is 0.0894 e. The molecule has 1 heterocycles. The van der Waals surface area contributed by atoms with E-state index in [1.54, 1.807) is 10.9 Å². The summed E-state index contributed by atoms with van der Waals surface area (Å²) in [5.41, 5.74) is 2.11. The molecule has 2 aromatic rings. The third-order valence-corrected chi connectivity index (χ3v) is 2.59. The number of anilines is 1. The molecular weight excluding hydrogens is 200 g/mol. The van der Waals surface area contributed by atoms with Crippen LogP contribution in [0.25, 0.3) is 5.69 Å². The van der Waals surface area contributed by atoms with E-state index >= 15 is 0 Å². The van der Waals surface area contributed by atoms with Gasteiger partial charge in [0, 0.05) is 6.04 Å². The van der Waals surface area contributed by atoms with E-state index in [0.29, 0.717) is 6.04 Å². The van der Waals surface area contributed by atoms with E-state index < -0.39 is 0 Å². The standard InChI is InChI=1S/C12H16N4/c1-3-10(2)14-11-6-4-5-7-12(11)16-9-8-13-15-16/h4-10,14H,3H2,1-2H3. The average Bonchev–Trinajstić information content (AvgIpc) is 2.83. The van der Waals surface area contributed by atoms with Crippen molar-refractivity contribution in [1.82, 2.24) is 15.0 Å². The van der Waals surface area contributed by atoms with Gasteiger partial charge < -0.3 is 5.32 Å². The second-order valence-electron chi connectivity index (χ2n) is 3.82. The molecule has 0 aliphatic carbocycles. The minimum absolute atomic E-state index is 0.449. The first-order valence-corrected chi connectivity index (χ1v) is 5.53. The lowest BCUT2D eigenvalue weighted by Crippen LogP contribution is -2.15. The number of para-hydroxylation sites is 2. The highest BCUT2D eigenvalue weighted by atomic mass is 15.4. The summed E-state index contributed by atoms with van der Waals surface area (Å²) in [6.45, 7) is 4.33. The van der Waals surface area contributed by atoms with Gasteiger partial charge in [0.15, 0.2) is 0 Å². The van der Waals surface area contributed by atoms with Crippen LogP contribution in [0.4, 0.5) is 5.69 Å². The van der Waals surface area contributed by atoms with E-state index in [1.165, 1.54) is 0 Å². The van der Waals surface area contributed by atoms with E-state index in [4.69, 9.17) is 0 Å². The van der Waals surface area contributed by atoms with Gasteiger partial charge in [0.05, 0.1) is 23.8 Å². The summed E-state index contributed by atoms with van der Waals surface area (Å²) in [6, 6.07) is 8.55. The molecule has 0 bridgehead atoms. The number of benzene rings is 1. The van der Waals surface area contributed by atoms with Gasteiger partial charge in [-0.25, -0.2) is 4.68 Å². The Labute approximate surface area is 95.3 Å². The molecule has 0 saturated carbocycles. The van der Waals surface area contributed by atoms with Crippen LogP contribution in [0, 0.1) is 0 Å². The van der Waals surface area contributed by atoms with Gasteiger partial charge in [-0.3, -0.25) is 0 Å². The molecule has 4 nitrogen and oxygen atoms in total. The molecule has 1 unspecified atom stereocenters. The first-order chi connectivity index (χ1) is 7.81. The fourth-order valence-electron chi connectivity index (χ4n) is 1.50. The number of aromatic nitrogens is 3. The molecule has 16 heavy (non-hydrogen) atoms. The van der Waals surface area contributed by atoms with Gasteiger partial charge in [0.1, 0.15) is 0 Å². The van der Waals surface area contributed by atoms with Crippen molar-refractivity contribution in [3.05, 3.63) is 36.7 Å². The second-order valence-corrected chi connectivity index (χ2v) is 3.82. The molecule has 1 N–H and O–H groups in total. The van der Waals surface area contributed by atoms with Crippen LogP contribution in [0.15, 0.2) is 36.7 Å². The van der Waals surface area contributed by atoms with Gasteiger partial charge in [-0.05, 0) is 25.5 Å². The van der Waals surface area contributed by atoms with Gasteiger partial charge in [0.2, 0.25) is 0 Å². The number of hydrogen-bond donors (Lipinski definition) is 1. The Morgan fingerprint density at radius 3 is 2.88 bits per heavy atom. The lowest BCUT2D eigenvalue weighted by atomic mass is 10.2. The normalized spacial score (nSPS) is 12.4. The average molecular weight is 216 g/mol. The van der Waals surface area contributed by atoms with Gasteiger partial charge >= 0.3 is 0 Å². The van der Waals surface area contributed by atoms with Crippen LogP contribution in [-0.4, -0.2) is 21.0 Å². The first-order valence-electron chi connectivity index (χ1n) is 5.53. The quantitative estimate of drug-likeness (QED) is 0.853. The zero-order valence-corrected chi connectivity index (χ0v) is 9.59. The van der Waals surface area contributed by atoms with Crippen LogP contribution < -0.4 is 5.32 Å². The van der Waals surface area contributed by atoms with Crippen molar-refractivity contribution in [3.63, 3.8) is 0 Å². The van der Waals surface area contributed by atoms with E-state index in [0.717, 1.165) is 17.8 Å². The molecule has 1 aromatic heterocycles. The Balaban J connectivity index is 2.31.